The van der Waals surface area contributed by atoms with E-state index in [1.165, 1.54) is 0 Å². The Bertz CT molecular complexity index is 977. The van der Waals surface area contributed by atoms with Gasteiger partial charge in [-0.25, -0.2) is 4.98 Å². The first-order valence-corrected chi connectivity index (χ1v) is 9.34. The lowest BCUT2D eigenvalue weighted by Gasteiger charge is -2.34. The van der Waals surface area contributed by atoms with E-state index in [-0.39, 0.29) is 12.5 Å². The third-order valence-corrected chi connectivity index (χ3v) is 5.08. The minimum absolute atomic E-state index is 0.279. The van der Waals surface area contributed by atoms with Crippen LogP contribution in [0.5, 0.6) is 0 Å². The minimum Gasteiger partial charge on any atom is -0.394 e. The van der Waals surface area contributed by atoms with Gasteiger partial charge < -0.3 is 20.3 Å². The summed E-state index contributed by atoms with van der Waals surface area (Å²) in [5.74, 6) is -0.279. The molecule has 6 nitrogen and oxygen atoms in total. The van der Waals surface area contributed by atoms with Gasteiger partial charge in [0.25, 0.3) is 5.91 Å². The van der Waals surface area contributed by atoms with Gasteiger partial charge in [-0.05, 0) is 18.6 Å². The van der Waals surface area contributed by atoms with Gasteiger partial charge in [0.15, 0.2) is 0 Å². The fraction of sp³-hybridized carbons (Fsp3) is 0.273. The van der Waals surface area contributed by atoms with Crippen molar-refractivity contribution in [3.63, 3.8) is 0 Å². The zero-order valence-electron chi connectivity index (χ0n) is 15.3. The van der Waals surface area contributed by atoms with E-state index in [2.05, 4.69) is 5.32 Å². The van der Waals surface area contributed by atoms with Gasteiger partial charge >= 0.3 is 0 Å². The first-order valence-electron chi connectivity index (χ1n) is 9.34. The molecule has 0 radical (unpaired) electrons. The lowest BCUT2D eigenvalue weighted by Crippen LogP contribution is -2.54. The van der Waals surface area contributed by atoms with Crippen LogP contribution in [0, 0.1) is 0 Å². The first kappa shape index (κ1) is 18.6. The molecule has 3 N–H and O–H groups in total. The molecule has 1 aromatic heterocycles. The number of carbonyl (C=O) groups excluding carboxylic acids is 1. The molecule has 144 valence electrons. The summed E-state index contributed by atoms with van der Waals surface area (Å²) in [6.45, 7) is 0.0868. The highest BCUT2D eigenvalue weighted by Crippen LogP contribution is 2.25. The van der Waals surface area contributed by atoms with E-state index in [0.717, 1.165) is 16.5 Å². The maximum atomic E-state index is 13.1. The number of carbonyl (C=O) groups is 1. The lowest BCUT2D eigenvalue weighted by atomic mass is 9.98. The Morgan fingerprint density at radius 3 is 2.68 bits per heavy atom. The molecule has 3 atom stereocenters. The van der Waals surface area contributed by atoms with E-state index < -0.39 is 18.2 Å². The Hall–Kier alpha value is -2.80. The smallest absolute Gasteiger partial charge is 0.252 e. The van der Waals surface area contributed by atoms with Crippen molar-refractivity contribution in [1.82, 2.24) is 10.3 Å². The summed E-state index contributed by atoms with van der Waals surface area (Å²) < 4.78 is 5.34. The Morgan fingerprint density at radius 2 is 1.89 bits per heavy atom. The van der Waals surface area contributed by atoms with Gasteiger partial charge in [-0.3, -0.25) is 4.79 Å². The Morgan fingerprint density at radius 1 is 1.14 bits per heavy atom. The molecule has 1 amide bonds. The quantitative estimate of drug-likeness (QED) is 0.647. The second kappa shape index (κ2) is 8.06. The molecule has 1 fully saturated rings. The van der Waals surface area contributed by atoms with Crippen LogP contribution in [0.1, 0.15) is 16.8 Å². The topological polar surface area (TPSA) is 91.7 Å². The van der Waals surface area contributed by atoms with Crippen LogP contribution in [-0.4, -0.2) is 52.6 Å². The number of nitrogens with one attached hydrogen (secondary N) is 1. The van der Waals surface area contributed by atoms with Crippen molar-refractivity contribution in [2.24, 2.45) is 0 Å². The van der Waals surface area contributed by atoms with Crippen molar-refractivity contribution in [3.8, 4) is 11.3 Å². The summed E-state index contributed by atoms with van der Waals surface area (Å²) in [5.41, 5.74) is 2.87. The second-order valence-corrected chi connectivity index (χ2v) is 6.89. The third kappa shape index (κ3) is 3.62. The molecule has 3 aromatic rings. The summed E-state index contributed by atoms with van der Waals surface area (Å²) in [6.07, 6.45) is -1.16. The summed E-state index contributed by atoms with van der Waals surface area (Å²) in [6, 6.07) is 18.5. The maximum absolute atomic E-state index is 13.1. The van der Waals surface area contributed by atoms with Crippen molar-refractivity contribution in [2.75, 3.05) is 13.2 Å². The van der Waals surface area contributed by atoms with Gasteiger partial charge in [0.2, 0.25) is 0 Å². The molecule has 0 unspecified atom stereocenters. The van der Waals surface area contributed by atoms with Crippen LogP contribution in [-0.2, 0) is 4.74 Å². The van der Waals surface area contributed by atoms with Crippen molar-refractivity contribution < 1.29 is 19.7 Å². The van der Waals surface area contributed by atoms with Gasteiger partial charge in [0, 0.05) is 17.6 Å². The fourth-order valence-corrected chi connectivity index (χ4v) is 3.56. The molecule has 0 spiro atoms. The number of fused-ring (bicyclic) bond motifs is 1. The molecule has 28 heavy (non-hydrogen) atoms. The number of hydrogen-bond donors (Lipinski definition) is 3. The number of aromatic nitrogens is 1. The monoisotopic (exact) mass is 378 g/mol. The minimum atomic E-state index is -0.954. The molecule has 1 saturated heterocycles. The average molecular weight is 378 g/mol. The number of pyridine rings is 1. The zero-order chi connectivity index (χ0) is 19.5. The predicted molar refractivity (Wildman–Crippen MR) is 106 cm³/mol. The number of nitrogens with zero attached hydrogens (tertiary/aromatic N) is 1. The molecule has 0 bridgehead atoms. The standard InChI is InChI=1S/C22H22N2O4/c25-13-20-21(26)18(10-11-28-20)24-22(27)16-12-19(14-6-2-1-3-7-14)23-17-9-5-4-8-15(16)17/h1-9,12,18,20-21,25-26H,10-11,13H2,(H,24,27)/t18-,20+,21-/m0/s1. The summed E-state index contributed by atoms with van der Waals surface area (Å²) >= 11 is 0. The molecule has 4 rings (SSSR count). The number of aliphatic hydroxyl groups is 2. The van der Waals surface area contributed by atoms with E-state index in [4.69, 9.17) is 9.72 Å². The number of amides is 1. The molecule has 2 heterocycles. The van der Waals surface area contributed by atoms with Crippen molar-refractivity contribution >= 4 is 16.8 Å². The van der Waals surface area contributed by atoms with Crippen LogP contribution in [0.15, 0.2) is 60.7 Å². The van der Waals surface area contributed by atoms with Gasteiger partial charge in [-0.1, -0.05) is 48.5 Å². The van der Waals surface area contributed by atoms with Crippen LogP contribution in [0.4, 0.5) is 0 Å². The van der Waals surface area contributed by atoms with E-state index in [0.29, 0.717) is 24.3 Å². The van der Waals surface area contributed by atoms with Gasteiger partial charge in [0.1, 0.15) is 12.2 Å². The zero-order valence-corrected chi connectivity index (χ0v) is 15.3. The van der Waals surface area contributed by atoms with E-state index in [1.807, 2.05) is 54.6 Å². The number of para-hydroxylation sites is 1. The highest BCUT2D eigenvalue weighted by Gasteiger charge is 2.33. The van der Waals surface area contributed by atoms with Crippen molar-refractivity contribution in [2.45, 2.75) is 24.7 Å². The van der Waals surface area contributed by atoms with Crippen LogP contribution >= 0.6 is 0 Å². The molecule has 0 saturated carbocycles. The van der Waals surface area contributed by atoms with Crippen LogP contribution in [0.2, 0.25) is 0 Å². The van der Waals surface area contributed by atoms with Crippen molar-refractivity contribution in [3.05, 3.63) is 66.2 Å². The molecule has 6 heteroatoms. The molecule has 2 aromatic carbocycles. The van der Waals surface area contributed by atoms with Gasteiger partial charge in [-0.2, -0.15) is 0 Å². The second-order valence-electron chi connectivity index (χ2n) is 6.89. The van der Waals surface area contributed by atoms with Gasteiger partial charge in [-0.15, -0.1) is 0 Å². The molecule has 1 aliphatic rings. The Balaban J connectivity index is 1.70. The van der Waals surface area contributed by atoms with E-state index >= 15 is 0 Å². The SMILES string of the molecule is O=C(N[C@H]1CCO[C@H](CO)[C@H]1O)c1cc(-c2ccccc2)nc2ccccc12. The molecule has 0 aliphatic carbocycles. The normalized spacial score (nSPS) is 22.1. The third-order valence-electron chi connectivity index (χ3n) is 5.08. The van der Waals surface area contributed by atoms with Crippen LogP contribution in [0.25, 0.3) is 22.2 Å². The summed E-state index contributed by atoms with van der Waals surface area (Å²) in [5, 5.41) is 23.3. The highest BCUT2D eigenvalue weighted by atomic mass is 16.5. The maximum Gasteiger partial charge on any atom is 0.252 e. The lowest BCUT2D eigenvalue weighted by molar-refractivity contribution is -0.107. The average Bonchev–Trinajstić information content (AvgIpc) is 2.75. The van der Waals surface area contributed by atoms with E-state index in [1.54, 1.807) is 6.07 Å². The first-order chi connectivity index (χ1) is 13.7. The Labute approximate surface area is 162 Å². The summed E-state index contributed by atoms with van der Waals surface area (Å²) in [4.78, 5) is 17.8. The van der Waals surface area contributed by atoms with Crippen molar-refractivity contribution in [1.29, 1.82) is 0 Å². The molecular formula is C22H22N2O4. The summed E-state index contributed by atoms with van der Waals surface area (Å²) in [7, 11) is 0. The van der Waals surface area contributed by atoms with Gasteiger partial charge in [0.05, 0.1) is 29.4 Å². The molecule has 1 aliphatic heterocycles. The largest absolute Gasteiger partial charge is 0.394 e. The number of hydrogen-bond acceptors (Lipinski definition) is 5. The number of aliphatic hydroxyl groups excluding tert-OH is 2. The Kier molecular flexibility index (Phi) is 5.34. The van der Waals surface area contributed by atoms with E-state index in [9.17, 15) is 15.0 Å². The number of ether oxygens (including phenoxy) is 1. The fourth-order valence-electron chi connectivity index (χ4n) is 3.56. The van der Waals surface area contributed by atoms with Crippen LogP contribution in [0.3, 0.4) is 0 Å². The number of benzene rings is 2. The predicted octanol–water partition coefficient (Wildman–Crippen LogP) is 2.14. The highest BCUT2D eigenvalue weighted by molar-refractivity contribution is 6.07. The number of rotatable bonds is 4. The molecular weight excluding hydrogens is 356 g/mol. The van der Waals surface area contributed by atoms with Crippen LogP contribution < -0.4 is 5.32 Å².